The van der Waals surface area contributed by atoms with Gasteiger partial charge in [0.25, 0.3) is 0 Å². The number of aliphatic hydroxyl groups is 2. The number of nitrogens with one attached hydrogen (secondary N) is 1. The van der Waals surface area contributed by atoms with Crippen molar-refractivity contribution < 1.29 is 23.4 Å². The number of aromatic amines is 1. The van der Waals surface area contributed by atoms with Crippen LogP contribution in [-0.2, 0) is 6.42 Å². The molecule has 0 unspecified atom stereocenters. The van der Waals surface area contributed by atoms with Crippen LogP contribution < -0.4 is 0 Å². The Kier molecular flexibility index (Phi) is 7.63. The summed E-state index contributed by atoms with van der Waals surface area (Å²) in [5.41, 5.74) is 2.52. The fraction of sp³-hybridized carbons (Fsp3) is 0.517. The van der Waals surface area contributed by atoms with Crippen molar-refractivity contribution in [2.45, 2.75) is 57.5 Å². The first kappa shape index (κ1) is 26.2. The van der Waals surface area contributed by atoms with Gasteiger partial charge in [-0.15, -0.1) is 0 Å². The highest BCUT2D eigenvalue weighted by Gasteiger charge is 2.40. The number of rotatable bonds is 9. The van der Waals surface area contributed by atoms with E-state index in [0.717, 1.165) is 35.9 Å². The van der Waals surface area contributed by atoms with Gasteiger partial charge in [-0.2, -0.15) is 0 Å². The van der Waals surface area contributed by atoms with Crippen molar-refractivity contribution in [3.63, 3.8) is 0 Å². The molecule has 2 aliphatic rings. The summed E-state index contributed by atoms with van der Waals surface area (Å²) < 4.78 is 46.1. The second-order valence-corrected chi connectivity index (χ2v) is 10.7. The van der Waals surface area contributed by atoms with Crippen LogP contribution >= 0.6 is 0 Å². The smallest absolute Gasteiger partial charge is 0.136 e. The van der Waals surface area contributed by atoms with Gasteiger partial charge in [0.15, 0.2) is 0 Å². The molecule has 1 aromatic heterocycles. The number of likely N-dealkylation sites (tertiary alicyclic amines) is 1. The summed E-state index contributed by atoms with van der Waals surface area (Å²) in [5.74, 6) is -1.58. The highest BCUT2D eigenvalue weighted by Crippen LogP contribution is 2.43. The molecule has 0 bridgehead atoms. The lowest BCUT2D eigenvalue weighted by atomic mass is 9.85. The van der Waals surface area contributed by atoms with Crippen LogP contribution in [0.5, 0.6) is 0 Å². The Morgan fingerprint density at radius 3 is 2.51 bits per heavy atom. The summed E-state index contributed by atoms with van der Waals surface area (Å²) in [5, 5.41) is 21.2. The van der Waals surface area contributed by atoms with Gasteiger partial charge in [-0.05, 0) is 55.6 Å². The van der Waals surface area contributed by atoms with E-state index in [1.165, 1.54) is 12.1 Å². The Labute approximate surface area is 215 Å². The fourth-order valence-electron chi connectivity index (χ4n) is 6.07. The van der Waals surface area contributed by atoms with Crippen molar-refractivity contribution in [3.05, 3.63) is 70.4 Å². The highest BCUT2D eigenvalue weighted by atomic mass is 19.1. The molecule has 0 radical (unpaired) electrons. The lowest BCUT2D eigenvalue weighted by molar-refractivity contribution is -0.00583. The molecule has 3 heterocycles. The van der Waals surface area contributed by atoms with E-state index in [1.54, 1.807) is 4.90 Å². The number of nitrogens with zero attached hydrogens (tertiary/aromatic N) is 2. The van der Waals surface area contributed by atoms with Gasteiger partial charge in [-0.3, -0.25) is 4.90 Å². The van der Waals surface area contributed by atoms with Crippen LogP contribution in [0.1, 0.15) is 61.2 Å². The van der Waals surface area contributed by atoms with E-state index in [-0.39, 0.29) is 29.6 Å². The first-order valence-electron chi connectivity index (χ1n) is 13.3. The van der Waals surface area contributed by atoms with Crippen LogP contribution in [0.4, 0.5) is 13.2 Å². The van der Waals surface area contributed by atoms with Crippen LogP contribution in [-0.4, -0.2) is 70.0 Å². The zero-order chi connectivity index (χ0) is 26.3. The van der Waals surface area contributed by atoms with E-state index in [0.29, 0.717) is 25.2 Å². The van der Waals surface area contributed by atoms with Crippen molar-refractivity contribution in [2.75, 3.05) is 32.8 Å². The standard InChI is InChI=1S/C29H36F3N3O2/c1-3-4-9-34-13-19(14-34)29(37)18-11-23(31)26(24(32)12-18)28-27-22(21-7-5-6-8-25(21)33-27)10-17(2)35(28)15-20(30)16-36/h5-8,11-12,17,19-20,28-29,33,36-37H,3-4,9-10,13-16H2,1-2H3/t17-,20+,28-,29+/m1/s1. The van der Waals surface area contributed by atoms with Crippen molar-refractivity contribution in [3.8, 4) is 0 Å². The molecule has 5 rings (SSSR count). The van der Waals surface area contributed by atoms with Gasteiger partial charge >= 0.3 is 0 Å². The van der Waals surface area contributed by atoms with E-state index in [9.17, 15) is 14.6 Å². The maximum absolute atomic E-state index is 15.8. The molecule has 5 nitrogen and oxygen atoms in total. The second-order valence-electron chi connectivity index (χ2n) is 10.7. The third-order valence-corrected chi connectivity index (χ3v) is 8.10. The van der Waals surface area contributed by atoms with Crippen molar-refractivity contribution >= 4 is 10.9 Å². The van der Waals surface area contributed by atoms with Crippen LogP contribution in [0.25, 0.3) is 10.9 Å². The molecule has 2 aliphatic heterocycles. The molecule has 2 aromatic carbocycles. The predicted octanol–water partition coefficient (Wildman–Crippen LogP) is 4.88. The molecule has 0 amide bonds. The van der Waals surface area contributed by atoms with E-state index in [4.69, 9.17) is 0 Å². The Morgan fingerprint density at radius 1 is 1.14 bits per heavy atom. The van der Waals surface area contributed by atoms with Gasteiger partial charge in [0.2, 0.25) is 0 Å². The summed E-state index contributed by atoms with van der Waals surface area (Å²) >= 11 is 0. The van der Waals surface area contributed by atoms with E-state index < -0.39 is 36.6 Å². The largest absolute Gasteiger partial charge is 0.393 e. The third kappa shape index (κ3) is 4.92. The Bertz CT molecular complexity index is 1220. The lowest BCUT2D eigenvalue weighted by Gasteiger charge is -2.42. The molecular weight excluding hydrogens is 479 g/mol. The zero-order valence-electron chi connectivity index (χ0n) is 21.4. The normalized spacial score (nSPS) is 22.7. The maximum atomic E-state index is 15.8. The summed E-state index contributed by atoms with van der Waals surface area (Å²) in [4.78, 5) is 7.31. The SMILES string of the molecule is CCCCN1CC([C@@H](O)c2cc(F)c([C@@H]3c4[nH]c5ccccc5c4C[C@@H](C)N3C[C@H](F)CO)c(F)c2)C1. The molecule has 0 aliphatic carbocycles. The van der Waals surface area contributed by atoms with Gasteiger partial charge in [0, 0.05) is 53.8 Å². The first-order chi connectivity index (χ1) is 17.8. The van der Waals surface area contributed by atoms with Gasteiger partial charge in [-0.25, -0.2) is 13.2 Å². The topological polar surface area (TPSA) is 62.7 Å². The number of aromatic nitrogens is 1. The molecule has 8 heteroatoms. The average Bonchev–Trinajstić information content (AvgIpc) is 3.22. The fourth-order valence-corrected chi connectivity index (χ4v) is 6.07. The van der Waals surface area contributed by atoms with E-state index >= 15 is 8.78 Å². The average molecular weight is 516 g/mol. The van der Waals surface area contributed by atoms with Crippen LogP contribution in [0.3, 0.4) is 0 Å². The van der Waals surface area contributed by atoms with E-state index in [2.05, 4.69) is 16.8 Å². The third-order valence-electron chi connectivity index (χ3n) is 8.10. The molecule has 200 valence electrons. The summed E-state index contributed by atoms with van der Waals surface area (Å²) in [6, 6.07) is 9.07. The molecule has 0 saturated carbocycles. The molecule has 1 fully saturated rings. The Morgan fingerprint density at radius 2 is 1.84 bits per heavy atom. The van der Waals surface area contributed by atoms with Gasteiger partial charge in [0.05, 0.1) is 18.8 Å². The first-order valence-corrected chi connectivity index (χ1v) is 13.3. The van der Waals surface area contributed by atoms with Crippen molar-refractivity contribution in [2.24, 2.45) is 5.92 Å². The number of halogens is 3. The Balaban J connectivity index is 1.51. The number of para-hydroxylation sites is 1. The van der Waals surface area contributed by atoms with Gasteiger partial charge < -0.3 is 20.1 Å². The number of H-pyrrole nitrogens is 1. The maximum Gasteiger partial charge on any atom is 0.136 e. The predicted molar refractivity (Wildman–Crippen MR) is 138 cm³/mol. The van der Waals surface area contributed by atoms with Crippen LogP contribution in [0.15, 0.2) is 36.4 Å². The number of unbranched alkanes of at least 4 members (excludes halogenated alkanes) is 1. The van der Waals surface area contributed by atoms with Crippen molar-refractivity contribution in [1.29, 1.82) is 0 Å². The summed E-state index contributed by atoms with van der Waals surface area (Å²) in [7, 11) is 0. The van der Waals surface area contributed by atoms with Crippen LogP contribution in [0.2, 0.25) is 0 Å². The summed E-state index contributed by atoms with van der Waals surface area (Å²) in [6.07, 6.45) is 0.272. The number of hydrogen-bond acceptors (Lipinski definition) is 4. The minimum Gasteiger partial charge on any atom is -0.393 e. The molecule has 1 saturated heterocycles. The lowest BCUT2D eigenvalue weighted by Crippen LogP contribution is -2.49. The summed E-state index contributed by atoms with van der Waals surface area (Å²) in [6.45, 7) is 5.60. The number of alkyl halides is 1. The minimum absolute atomic E-state index is 0.0649. The Hall–Kier alpha value is -2.39. The zero-order valence-corrected chi connectivity index (χ0v) is 21.4. The molecular formula is C29H36F3N3O2. The van der Waals surface area contributed by atoms with Gasteiger partial charge in [-0.1, -0.05) is 31.5 Å². The number of aliphatic hydroxyl groups excluding tert-OH is 2. The number of hydrogen-bond donors (Lipinski definition) is 3. The van der Waals surface area contributed by atoms with E-state index in [1.807, 2.05) is 31.2 Å². The molecule has 3 N–H and O–H groups in total. The van der Waals surface area contributed by atoms with Crippen LogP contribution in [0, 0.1) is 17.6 Å². The number of fused-ring (bicyclic) bond motifs is 3. The molecule has 4 atom stereocenters. The minimum atomic E-state index is -1.54. The second kappa shape index (κ2) is 10.8. The highest BCUT2D eigenvalue weighted by molar-refractivity contribution is 5.85. The molecule has 37 heavy (non-hydrogen) atoms. The van der Waals surface area contributed by atoms with Crippen molar-refractivity contribution in [1.82, 2.24) is 14.8 Å². The molecule has 0 spiro atoms. The van der Waals surface area contributed by atoms with Gasteiger partial charge in [0.1, 0.15) is 17.8 Å². The number of benzene rings is 2. The molecule has 3 aromatic rings. The quantitative estimate of drug-likeness (QED) is 0.380. The monoisotopic (exact) mass is 515 g/mol.